The summed E-state index contributed by atoms with van der Waals surface area (Å²) >= 11 is 8.70. The lowest BCUT2D eigenvalue weighted by Crippen LogP contribution is -2.16. The van der Waals surface area contributed by atoms with Crippen molar-refractivity contribution in [3.63, 3.8) is 0 Å². The van der Waals surface area contributed by atoms with Crippen LogP contribution >= 0.6 is 57.1 Å². The molecule has 0 saturated heterocycles. The van der Waals surface area contributed by atoms with Gasteiger partial charge in [-0.25, -0.2) is 0 Å². The number of carbonyl (C=O) groups excluding carboxylic acids is 2. The van der Waals surface area contributed by atoms with Crippen LogP contribution in [0, 0.1) is 90.6 Å². The molecule has 6 aliphatic rings. The third-order valence-corrected chi connectivity index (χ3v) is 23.4. The van der Waals surface area contributed by atoms with Crippen LogP contribution in [0.1, 0.15) is 139 Å². The molecule has 9 aromatic rings. The van der Waals surface area contributed by atoms with Gasteiger partial charge in [0.1, 0.15) is 82.1 Å². The summed E-state index contributed by atoms with van der Waals surface area (Å²) in [6, 6.07) is 34.6. The van der Waals surface area contributed by atoms with Crippen LogP contribution in [0.4, 0.5) is 11.4 Å². The molecule has 20 heteroatoms. The topological polar surface area (TPSA) is 275 Å². The first-order valence-corrected chi connectivity index (χ1v) is 31.4. The van der Waals surface area contributed by atoms with Gasteiger partial charge >= 0.3 is 0 Å². The Balaban J connectivity index is 0.787. The molecule has 1 aliphatic heterocycles. The summed E-state index contributed by atoms with van der Waals surface area (Å²) in [5.41, 5.74) is 13.6. The van der Waals surface area contributed by atoms with Crippen LogP contribution in [0.2, 0.25) is 0 Å². The highest BCUT2D eigenvalue weighted by molar-refractivity contribution is 7.58. The quantitative estimate of drug-likeness (QED) is 0.117. The maximum Gasteiger partial charge on any atom is 0.194 e. The summed E-state index contributed by atoms with van der Waals surface area (Å²) in [5, 5.41) is 79.4. The first-order chi connectivity index (χ1) is 41.8. The first kappa shape index (κ1) is 53.3. The van der Waals surface area contributed by atoms with Gasteiger partial charge < -0.3 is 0 Å². The minimum absolute atomic E-state index is 0.0337. The number of hydrogen-bond acceptors (Lipinski definition) is 19. The second-order valence-corrected chi connectivity index (χ2v) is 28.4. The minimum atomic E-state index is -0.462. The number of carbonyl (C=O) groups is 2. The van der Waals surface area contributed by atoms with Gasteiger partial charge in [-0.05, 0) is 128 Å². The van der Waals surface area contributed by atoms with Gasteiger partial charge in [-0.2, -0.15) is 59.6 Å². The Hall–Kier alpha value is -10.5. The average molecular weight is 1230 g/mol. The Morgan fingerprint density at radius 3 is 1.22 bits per heavy atom. The van der Waals surface area contributed by atoms with Crippen molar-refractivity contribution in [3.8, 4) is 100 Å². The Labute approximate surface area is 519 Å². The van der Waals surface area contributed by atoms with Crippen LogP contribution in [-0.4, -0.2) is 20.3 Å². The molecule has 5 aromatic heterocycles. The van der Waals surface area contributed by atoms with Crippen molar-refractivity contribution in [2.24, 2.45) is 8.73 Å². The molecule has 0 spiro atoms. The van der Waals surface area contributed by atoms with Crippen molar-refractivity contribution in [2.45, 2.75) is 57.8 Å². The molecule has 0 unspecified atom stereocenters. The number of nitrogens with zero attached hydrogens (tertiary/aromatic N) is 12. The fourth-order valence-electron chi connectivity index (χ4n) is 13.3. The predicted octanol–water partition coefficient (Wildman–Crippen LogP) is 16.6. The number of fused-ring (bicyclic) bond motifs is 13. The van der Waals surface area contributed by atoms with Gasteiger partial charge in [0.2, 0.25) is 0 Å². The maximum absolute atomic E-state index is 14.1. The Morgan fingerprint density at radius 1 is 0.425 bits per heavy atom. The predicted molar refractivity (Wildman–Crippen MR) is 337 cm³/mol. The first-order valence-electron chi connectivity index (χ1n) is 26.6. The number of benzene rings is 4. The van der Waals surface area contributed by atoms with E-state index in [2.05, 4.69) is 77.9 Å². The van der Waals surface area contributed by atoms with E-state index in [1.807, 2.05) is 48.6 Å². The molecule has 14 nitrogen and oxygen atoms in total. The Morgan fingerprint density at radius 2 is 0.782 bits per heavy atom. The molecular formula is C67H30N12O2S6. The van der Waals surface area contributed by atoms with Crippen molar-refractivity contribution in [1.82, 2.24) is 8.75 Å². The van der Waals surface area contributed by atoms with Crippen LogP contribution in [0.25, 0.3) is 85.8 Å². The van der Waals surface area contributed by atoms with Gasteiger partial charge in [-0.1, -0.05) is 41.5 Å². The van der Waals surface area contributed by atoms with Gasteiger partial charge in [-0.3, -0.25) is 9.59 Å². The lowest BCUT2D eigenvalue weighted by atomic mass is 9.79. The highest BCUT2D eigenvalue weighted by atomic mass is 32.1. The largest absolute Gasteiger partial charge is 0.289 e. The number of allylic oxidation sites excluding steroid dienone is 6. The minimum Gasteiger partial charge on any atom is -0.289 e. The normalized spacial score (nSPS) is 16.4. The highest BCUT2D eigenvalue weighted by Crippen LogP contribution is 2.64. The van der Waals surface area contributed by atoms with Crippen LogP contribution in [0.5, 0.6) is 0 Å². The van der Waals surface area contributed by atoms with Gasteiger partial charge in [0.05, 0.1) is 45.3 Å². The van der Waals surface area contributed by atoms with E-state index in [0.29, 0.717) is 0 Å². The van der Waals surface area contributed by atoms with Crippen LogP contribution in [-0.2, 0) is 27.6 Å². The van der Waals surface area contributed by atoms with Crippen molar-refractivity contribution in [2.75, 3.05) is 0 Å². The van der Waals surface area contributed by atoms with E-state index in [4.69, 9.17) is 17.5 Å². The zero-order valence-corrected chi connectivity index (χ0v) is 51.0. The Bertz CT molecular complexity index is 5540. The molecule has 406 valence electrons. The van der Waals surface area contributed by atoms with Crippen molar-refractivity contribution in [3.05, 3.63) is 171 Å². The van der Waals surface area contributed by atoms with Crippen molar-refractivity contribution < 1.29 is 9.59 Å². The van der Waals surface area contributed by atoms with Crippen molar-refractivity contribution >= 4 is 126 Å². The van der Waals surface area contributed by atoms with Gasteiger partial charge in [0.25, 0.3) is 0 Å². The third kappa shape index (κ3) is 7.00. The van der Waals surface area contributed by atoms with Crippen LogP contribution in [0.15, 0.2) is 91.7 Å². The molecule has 0 amide bonds. The number of Topliss-reactive ketones (excluding diaryl/α,β-unsaturated/α-hetero) is 2. The molecule has 0 fully saturated rings. The lowest BCUT2D eigenvalue weighted by molar-refractivity contribution is 0.103. The Kier molecular flexibility index (Phi) is 11.2. The zero-order chi connectivity index (χ0) is 60.7. The third-order valence-electron chi connectivity index (χ3n) is 17.7. The van der Waals surface area contributed by atoms with Gasteiger partial charge in [0.15, 0.2) is 11.6 Å². The number of nitriles is 8. The molecule has 0 saturated carbocycles. The van der Waals surface area contributed by atoms with E-state index in [1.165, 1.54) is 63.6 Å². The molecule has 4 aromatic carbocycles. The lowest BCUT2D eigenvalue weighted by Gasteiger charge is -2.24. The summed E-state index contributed by atoms with van der Waals surface area (Å²) in [7, 11) is 0. The van der Waals surface area contributed by atoms with E-state index in [-0.39, 0.29) is 77.9 Å². The van der Waals surface area contributed by atoms with E-state index in [9.17, 15) is 51.7 Å². The van der Waals surface area contributed by atoms with E-state index in [1.54, 1.807) is 34.8 Å². The summed E-state index contributed by atoms with van der Waals surface area (Å²) in [6.07, 6.45) is 3.43. The summed E-state index contributed by atoms with van der Waals surface area (Å²) < 4.78 is 20.0. The van der Waals surface area contributed by atoms with E-state index < -0.39 is 27.8 Å². The van der Waals surface area contributed by atoms with E-state index >= 15 is 0 Å². The average Bonchev–Trinajstić information content (AvgIpc) is 1.55. The monoisotopic (exact) mass is 1230 g/mol. The van der Waals surface area contributed by atoms with Crippen LogP contribution < -0.4 is 0 Å². The highest BCUT2D eigenvalue weighted by Gasteiger charge is 2.46. The number of thiophene rings is 4. The molecule has 5 aliphatic carbocycles. The fourth-order valence-corrected chi connectivity index (χ4v) is 19.9. The second kappa shape index (κ2) is 18.3. The fraction of sp³-hybridized carbons (Fsp3) is 0.134. The summed E-state index contributed by atoms with van der Waals surface area (Å²) in [5.74, 6) is -0.863. The maximum atomic E-state index is 14.1. The van der Waals surface area contributed by atoms with Crippen molar-refractivity contribution in [1.29, 1.82) is 42.1 Å². The smallest absolute Gasteiger partial charge is 0.194 e. The zero-order valence-electron chi connectivity index (χ0n) is 46.1. The number of rotatable bonds is 4. The molecule has 15 rings (SSSR count). The molecule has 6 heterocycles. The van der Waals surface area contributed by atoms with Crippen LogP contribution in [0.3, 0.4) is 0 Å². The molecule has 0 radical (unpaired) electrons. The standard InChI is InChI=1S/C67H30N12O2S6/c1-65(2)43-16-40-44(15-39(43)61-45(65)13-33(82-61)11-41-51(31(23-72)24-73)35-7-27(19-68)29(21-70)9-37(35)59(41)80)66(3,4)47-17-49(84-62(40)47)53-55-57(78-86-76-55)54(58-56(53)77-87-79-58)50-18-48-64(85-50)63-46(67(48,5)6)14-34(83-63)12-42-52(32(25-74)26-75)36-8-28(20-69)30(22-71)10-38(36)60(42)81/h7-18H,1-6H3/b41-11-,42-12-. The molecule has 0 atom stereocenters. The molecule has 87 heavy (non-hydrogen) atoms. The van der Waals surface area contributed by atoms with Gasteiger partial charge in [0, 0.05) is 99.8 Å². The number of aromatic nitrogens is 2. The van der Waals surface area contributed by atoms with E-state index in [0.717, 1.165) is 123 Å². The number of hydrogen-bond donors (Lipinski definition) is 0. The molecular weight excluding hydrogens is 1200 g/mol. The summed E-state index contributed by atoms with van der Waals surface area (Å²) in [4.78, 5) is 36.1. The van der Waals surface area contributed by atoms with Gasteiger partial charge in [-0.15, -0.1) is 45.3 Å². The second-order valence-electron chi connectivity index (χ2n) is 23.0. The molecule has 0 bridgehead atoms. The SMILES string of the molecule is CC1(C)c2cc3c(cc2-c2sc(/C=C4\C(=O)c5cc(C#N)c(C#N)cc5C4=C(C#N)C#N)cc21)C(C)(C)c1cc(-c2c4c(c(-c5cc6c(s5)-c5sc(/C=C7\C(=O)c8cc(C#N)c(C#N)cc8C7=C(C#N)C#N)cc5C6(C)C)c5nsnc25)N=S=N4)sc1-3. The molecule has 0 N–H and O–H groups in total. The number of ketones is 2. The summed E-state index contributed by atoms with van der Waals surface area (Å²) in [6.45, 7) is 13.2.